The third-order valence-electron chi connectivity index (χ3n) is 2.80. The van der Waals surface area contributed by atoms with Gasteiger partial charge in [-0.15, -0.1) is 0 Å². The first kappa shape index (κ1) is 13.1. The molecule has 1 atom stereocenters. The zero-order valence-electron chi connectivity index (χ0n) is 10.8. The molecule has 2 aromatic heterocycles. The molecule has 19 heavy (non-hydrogen) atoms. The lowest BCUT2D eigenvalue weighted by atomic mass is 10.00. The van der Waals surface area contributed by atoms with E-state index in [9.17, 15) is 9.59 Å². The monoisotopic (exact) mass is 260 g/mol. The highest BCUT2D eigenvalue weighted by Gasteiger charge is 2.20. The van der Waals surface area contributed by atoms with E-state index in [0.717, 1.165) is 5.69 Å². The van der Waals surface area contributed by atoms with Gasteiger partial charge in [0.25, 0.3) is 5.91 Å². The quantitative estimate of drug-likeness (QED) is 0.772. The minimum absolute atomic E-state index is 0.185. The van der Waals surface area contributed by atoms with Crippen LogP contribution < -0.4 is 11.0 Å². The van der Waals surface area contributed by atoms with Crippen molar-refractivity contribution in [3.8, 4) is 0 Å². The van der Waals surface area contributed by atoms with Gasteiger partial charge in [0.1, 0.15) is 5.69 Å². The topological polar surface area (TPSA) is 90.6 Å². The average Bonchev–Trinajstić information content (AvgIpc) is 2.83. The minimum Gasteiger partial charge on any atom is -0.342 e. The Morgan fingerprint density at radius 2 is 2.16 bits per heavy atom. The molecule has 2 heterocycles. The van der Waals surface area contributed by atoms with Crippen molar-refractivity contribution in [1.82, 2.24) is 20.3 Å². The Bertz CT molecular complexity index is 600. The summed E-state index contributed by atoms with van der Waals surface area (Å²) in [5.41, 5.74) is 0.611. The van der Waals surface area contributed by atoms with Crippen molar-refractivity contribution in [3.05, 3.63) is 52.5 Å². The van der Waals surface area contributed by atoms with E-state index >= 15 is 0 Å². The van der Waals surface area contributed by atoms with Gasteiger partial charge in [-0.25, -0.2) is 4.79 Å². The standard InChI is InChI=1S/C13H16N4O2/c1-8(2)11(9-5-3-4-6-14-9)17-12(18)10-7-15-13(19)16-10/h3-8,11H,1-2H3,(H,17,18)(H2,15,16,19)/t11-/m1/s1. The van der Waals surface area contributed by atoms with Crippen molar-refractivity contribution in [2.75, 3.05) is 0 Å². The number of pyridine rings is 1. The summed E-state index contributed by atoms with van der Waals surface area (Å²) in [4.78, 5) is 32.1. The fourth-order valence-corrected chi connectivity index (χ4v) is 1.82. The molecule has 2 aromatic rings. The normalized spacial score (nSPS) is 12.4. The molecule has 0 radical (unpaired) electrons. The Kier molecular flexibility index (Phi) is 3.79. The van der Waals surface area contributed by atoms with Crippen molar-refractivity contribution in [1.29, 1.82) is 0 Å². The third-order valence-corrected chi connectivity index (χ3v) is 2.80. The van der Waals surface area contributed by atoms with E-state index in [4.69, 9.17) is 0 Å². The fourth-order valence-electron chi connectivity index (χ4n) is 1.82. The van der Waals surface area contributed by atoms with Gasteiger partial charge in [-0.2, -0.15) is 0 Å². The van der Waals surface area contributed by atoms with Gasteiger partial charge in [0.2, 0.25) is 0 Å². The zero-order chi connectivity index (χ0) is 13.8. The molecule has 0 saturated carbocycles. The lowest BCUT2D eigenvalue weighted by molar-refractivity contribution is 0.0919. The second-order valence-electron chi connectivity index (χ2n) is 4.61. The van der Waals surface area contributed by atoms with Crippen molar-refractivity contribution in [2.45, 2.75) is 19.9 Å². The molecule has 6 nitrogen and oxygen atoms in total. The maximum Gasteiger partial charge on any atom is 0.323 e. The molecular formula is C13H16N4O2. The van der Waals surface area contributed by atoms with Gasteiger partial charge in [0.05, 0.1) is 11.7 Å². The molecule has 6 heteroatoms. The maximum absolute atomic E-state index is 12.0. The summed E-state index contributed by atoms with van der Waals surface area (Å²) >= 11 is 0. The number of nitrogens with one attached hydrogen (secondary N) is 3. The van der Waals surface area contributed by atoms with Crippen LogP contribution in [0.1, 0.15) is 36.1 Å². The van der Waals surface area contributed by atoms with E-state index < -0.39 is 5.69 Å². The highest BCUT2D eigenvalue weighted by atomic mass is 16.2. The molecule has 0 unspecified atom stereocenters. The Hall–Kier alpha value is -2.37. The van der Waals surface area contributed by atoms with E-state index in [0.29, 0.717) is 0 Å². The Morgan fingerprint density at radius 1 is 1.37 bits per heavy atom. The Morgan fingerprint density at radius 3 is 2.68 bits per heavy atom. The lowest BCUT2D eigenvalue weighted by Crippen LogP contribution is -2.32. The summed E-state index contributed by atoms with van der Waals surface area (Å²) in [5.74, 6) is -0.146. The number of imidazole rings is 1. The van der Waals surface area contributed by atoms with E-state index in [2.05, 4.69) is 20.3 Å². The Balaban J connectivity index is 2.18. The summed E-state index contributed by atoms with van der Waals surface area (Å²) in [6.45, 7) is 4.00. The first-order chi connectivity index (χ1) is 9.08. The van der Waals surface area contributed by atoms with Crippen LogP contribution in [0.25, 0.3) is 0 Å². The van der Waals surface area contributed by atoms with Gasteiger partial charge in [-0.3, -0.25) is 9.78 Å². The second-order valence-corrected chi connectivity index (χ2v) is 4.61. The SMILES string of the molecule is CC(C)[C@@H](NC(=O)c1c[nH]c(=O)[nH]1)c1ccccn1. The number of carbonyl (C=O) groups is 1. The van der Waals surface area contributed by atoms with Crippen LogP contribution in [0.3, 0.4) is 0 Å². The van der Waals surface area contributed by atoms with Gasteiger partial charge in [-0.05, 0) is 18.1 Å². The largest absolute Gasteiger partial charge is 0.342 e. The number of carbonyl (C=O) groups excluding carboxylic acids is 1. The first-order valence-corrected chi connectivity index (χ1v) is 6.07. The van der Waals surface area contributed by atoms with Crippen LogP contribution in [-0.2, 0) is 0 Å². The fraction of sp³-hybridized carbons (Fsp3) is 0.308. The molecule has 0 fully saturated rings. The molecule has 0 aromatic carbocycles. The van der Waals surface area contributed by atoms with E-state index in [-0.39, 0.29) is 23.6 Å². The molecule has 0 aliphatic carbocycles. The van der Waals surface area contributed by atoms with Crippen LogP contribution in [0.2, 0.25) is 0 Å². The van der Waals surface area contributed by atoms with E-state index in [1.54, 1.807) is 6.20 Å². The number of rotatable bonds is 4. The zero-order valence-corrected chi connectivity index (χ0v) is 10.8. The molecule has 1 amide bonds. The van der Waals surface area contributed by atoms with Crippen LogP contribution in [0.5, 0.6) is 0 Å². The lowest BCUT2D eigenvalue weighted by Gasteiger charge is -2.21. The number of hydrogen-bond donors (Lipinski definition) is 3. The summed E-state index contributed by atoms with van der Waals surface area (Å²) in [6, 6.07) is 5.37. The molecule has 0 aliphatic rings. The summed E-state index contributed by atoms with van der Waals surface area (Å²) in [7, 11) is 0. The van der Waals surface area contributed by atoms with Gasteiger partial charge < -0.3 is 15.3 Å². The van der Waals surface area contributed by atoms with E-state index in [1.807, 2.05) is 32.0 Å². The molecule has 0 spiro atoms. The molecule has 2 rings (SSSR count). The molecule has 0 bridgehead atoms. The molecule has 3 N–H and O–H groups in total. The number of amides is 1. The maximum atomic E-state index is 12.0. The molecule has 0 aliphatic heterocycles. The van der Waals surface area contributed by atoms with Crippen LogP contribution in [0.15, 0.2) is 35.4 Å². The number of hydrogen-bond acceptors (Lipinski definition) is 3. The molecule has 0 saturated heterocycles. The van der Waals surface area contributed by atoms with Gasteiger partial charge >= 0.3 is 5.69 Å². The predicted molar refractivity (Wildman–Crippen MR) is 70.7 cm³/mol. The van der Waals surface area contributed by atoms with Crippen LogP contribution in [-0.4, -0.2) is 20.9 Å². The minimum atomic E-state index is -0.399. The second kappa shape index (κ2) is 5.51. The summed E-state index contributed by atoms with van der Waals surface area (Å²) in [5, 5.41) is 2.87. The van der Waals surface area contributed by atoms with Crippen molar-refractivity contribution in [2.24, 2.45) is 5.92 Å². The Labute approximate surface area is 110 Å². The van der Waals surface area contributed by atoms with Crippen molar-refractivity contribution < 1.29 is 4.79 Å². The van der Waals surface area contributed by atoms with Gasteiger partial charge in [0.15, 0.2) is 0 Å². The first-order valence-electron chi connectivity index (χ1n) is 6.07. The van der Waals surface area contributed by atoms with E-state index in [1.165, 1.54) is 6.20 Å². The van der Waals surface area contributed by atoms with Crippen molar-refractivity contribution >= 4 is 5.91 Å². The summed E-state index contributed by atoms with van der Waals surface area (Å²) < 4.78 is 0. The third kappa shape index (κ3) is 3.09. The molecular weight excluding hydrogens is 244 g/mol. The number of nitrogens with zero attached hydrogens (tertiary/aromatic N) is 1. The van der Waals surface area contributed by atoms with Crippen LogP contribution >= 0.6 is 0 Å². The molecule has 100 valence electrons. The number of aromatic amines is 2. The predicted octanol–water partition coefficient (Wildman–Crippen LogP) is 1.23. The smallest absolute Gasteiger partial charge is 0.323 e. The van der Waals surface area contributed by atoms with Crippen LogP contribution in [0.4, 0.5) is 0 Å². The highest BCUT2D eigenvalue weighted by molar-refractivity contribution is 5.92. The van der Waals surface area contributed by atoms with Crippen LogP contribution in [0, 0.1) is 5.92 Å². The number of H-pyrrole nitrogens is 2. The summed E-state index contributed by atoms with van der Waals surface area (Å²) in [6.07, 6.45) is 3.04. The van der Waals surface area contributed by atoms with Crippen molar-refractivity contribution in [3.63, 3.8) is 0 Å². The average molecular weight is 260 g/mol. The number of aromatic nitrogens is 3. The highest BCUT2D eigenvalue weighted by Crippen LogP contribution is 2.19. The van der Waals surface area contributed by atoms with Gasteiger partial charge in [0, 0.05) is 12.4 Å². The van der Waals surface area contributed by atoms with Gasteiger partial charge in [-0.1, -0.05) is 19.9 Å².